The normalized spacial score (nSPS) is 17.0. The minimum Gasteiger partial charge on any atom is -0.481 e. The number of halogens is 7. The van der Waals surface area contributed by atoms with E-state index in [9.17, 15) is 31.1 Å². The van der Waals surface area contributed by atoms with Crippen molar-refractivity contribution in [3.63, 3.8) is 0 Å². The number of aromatic nitrogens is 4. The van der Waals surface area contributed by atoms with E-state index in [0.29, 0.717) is 12.5 Å². The van der Waals surface area contributed by atoms with Crippen molar-refractivity contribution in [3.8, 4) is 0 Å². The molecule has 1 aliphatic rings. The number of carboxylic acid groups (broad SMARTS) is 1. The van der Waals surface area contributed by atoms with Gasteiger partial charge in [-0.2, -0.15) is 31.1 Å². The van der Waals surface area contributed by atoms with Crippen LogP contribution in [0.25, 0.3) is 0 Å². The average Bonchev–Trinajstić information content (AvgIpc) is 3.39. The summed E-state index contributed by atoms with van der Waals surface area (Å²) in [5.41, 5.74) is 0.763. The van der Waals surface area contributed by atoms with Gasteiger partial charge in [0.1, 0.15) is 0 Å². The van der Waals surface area contributed by atoms with Crippen molar-refractivity contribution < 1.29 is 36.2 Å². The monoisotopic (exact) mass is 676 g/mol. The zero-order chi connectivity index (χ0) is 33.1. The number of carboxylic acids is 1. The molecule has 0 radical (unpaired) electrons. The summed E-state index contributed by atoms with van der Waals surface area (Å²) in [6, 6.07) is 5.59. The summed E-state index contributed by atoms with van der Waals surface area (Å²) in [5.74, 6) is -0.191. The number of anilines is 2. The Labute approximate surface area is 270 Å². The number of aliphatic carboxylic acids is 1. The Morgan fingerprint density at radius 2 is 1.46 bits per heavy atom. The molecule has 0 aliphatic heterocycles. The maximum absolute atomic E-state index is 13.6. The molecular weight excluding hydrogens is 638 g/mol. The van der Waals surface area contributed by atoms with Crippen LogP contribution >= 0.6 is 12.4 Å². The maximum Gasteiger partial charge on any atom is 0.416 e. The van der Waals surface area contributed by atoms with Crippen LogP contribution in [0.4, 0.5) is 38.0 Å². The maximum atomic E-state index is 13.6. The molecule has 254 valence electrons. The Bertz CT molecular complexity index is 1450. The highest BCUT2D eigenvalue weighted by Crippen LogP contribution is 2.38. The lowest BCUT2D eigenvalue weighted by molar-refractivity contribution is -0.143. The highest BCUT2D eigenvalue weighted by molar-refractivity contribution is 5.85. The summed E-state index contributed by atoms with van der Waals surface area (Å²) in [6.07, 6.45) is -6.27. The van der Waals surface area contributed by atoms with E-state index < -0.39 is 29.4 Å². The van der Waals surface area contributed by atoms with E-state index >= 15 is 0 Å². The second-order valence-corrected chi connectivity index (χ2v) is 11.9. The van der Waals surface area contributed by atoms with Gasteiger partial charge in [0.25, 0.3) is 5.95 Å². The molecule has 0 bridgehead atoms. The van der Waals surface area contributed by atoms with Gasteiger partial charge in [0, 0.05) is 38.3 Å². The van der Waals surface area contributed by atoms with Crippen molar-refractivity contribution in [2.24, 2.45) is 18.9 Å². The molecule has 3 aromatic rings. The molecule has 0 saturated heterocycles. The molecule has 1 saturated carbocycles. The van der Waals surface area contributed by atoms with E-state index in [4.69, 9.17) is 5.11 Å². The van der Waals surface area contributed by atoms with Crippen LogP contribution in [-0.2, 0) is 37.3 Å². The Morgan fingerprint density at radius 3 is 1.96 bits per heavy atom. The molecule has 0 unspecified atom stereocenters. The number of tetrazole rings is 1. The van der Waals surface area contributed by atoms with E-state index in [-0.39, 0.29) is 55.4 Å². The molecule has 1 N–H and O–H groups in total. The fraction of sp³-hybridized carbons (Fsp3) is 0.548. The van der Waals surface area contributed by atoms with Crippen LogP contribution in [0.1, 0.15) is 72.4 Å². The molecule has 1 aromatic heterocycles. The van der Waals surface area contributed by atoms with Gasteiger partial charge in [-0.1, -0.05) is 11.2 Å². The highest BCUT2D eigenvalue weighted by atomic mass is 35.5. The first-order valence-corrected chi connectivity index (χ1v) is 14.9. The number of carbonyl (C=O) groups is 1. The Hall–Kier alpha value is -3.55. The van der Waals surface area contributed by atoms with Crippen molar-refractivity contribution >= 4 is 30.0 Å². The van der Waals surface area contributed by atoms with Crippen molar-refractivity contribution in [1.29, 1.82) is 0 Å². The summed E-state index contributed by atoms with van der Waals surface area (Å²) >= 11 is 0. The van der Waals surface area contributed by atoms with Gasteiger partial charge < -0.3 is 14.9 Å². The minimum absolute atomic E-state index is 0. The Kier molecular flexibility index (Phi) is 12.0. The third kappa shape index (κ3) is 9.49. The molecule has 4 rings (SSSR count). The van der Waals surface area contributed by atoms with Crippen molar-refractivity contribution in [1.82, 2.24) is 20.2 Å². The number of aryl methyl sites for hydroxylation is 3. The summed E-state index contributed by atoms with van der Waals surface area (Å²) in [5, 5.41) is 21.3. The van der Waals surface area contributed by atoms with Gasteiger partial charge in [-0.15, -0.1) is 17.5 Å². The van der Waals surface area contributed by atoms with E-state index in [1.807, 2.05) is 26.8 Å². The van der Waals surface area contributed by atoms with Crippen molar-refractivity contribution in [2.75, 3.05) is 22.9 Å². The minimum atomic E-state index is -4.97. The number of benzene rings is 2. The van der Waals surface area contributed by atoms with Crippen LogP contribution in [0.15, 0.2) is 30.3 Å². The standard InChI is InChI=1S/C31H38F6N6O2.ClH/c1-5-42(16-22-8-6-21(7-9-22)14-28(44)45)27-11-20(3)19(2)10-24(27)18-43(29-38-40-41(4)39-29)17-23-12-25(30(32,33)34)15-26(13-23)31(35,36)37;/h10-13,15,21-22H,5-9,14,16-18H2,1-4H3,(H,44,45);1H. The molecule has 1 aliphatic carbocycles. The van der Waals surface area contributed by atoms with E-state index in [1.165, 1.54) is 16.7 Å². The zero-order valence-corrected chi connectivity index (χ0v) is 26.9. The predicted molar refractivity (Wildman–Crippen MR) is 164 cm³/mol. The number of hydrogen-bond donors (Lipinski definition) is 1. The summed E-state index contributed by atoms with van der Waals surface area (Å²) in [7, 11) is 1.52. The summed E-state index contributed by atoms with van der Waals surface area (Å²) in [4.78, 5) is 16.1. The molecule has 0 atom stereocenters. The molecular formula is C31H39ClF6N6O2. The summed E-state index contributed by atoms with van der Waals surface area (Å²) in [6.45, 7) is 7.12. The summed E-state index contributed by atoms with van der Waals surface area (Å²) < 4.78 is 81.8. The van der Waals surface area contributed by atoms with Gasteiger partial charge in [-0.05, 0) is 110 Å². The van der Waals surface area contributed by atoms with Gasteiger partial charge in [-0.25, -0.2) is 0 Å². The number of rotatable bonds is 11. The molecule has 0 spiro atoms. The van der Waals surface area contributed by atoms with Crippen LogP contribution in [-0.4, -0.2) is 44.4 Å². The first-order chi connectivity index (χ1) is 21.0. The Morgan fingerprint density at radius 1 is 0.891 bits per heavy atom. The molecule has 0 amide bonds. The number of alkyl halides is 6. The fourth-order valence-corrected chi connectivity index (χ4v) is 5.99. The van der Waals surface area contributed by atoms with Crippen LogP contribution in [0.2, 0.25) is 0 Å². The van der Waals surface area contributed by atoms with Gasteiger partial charge in [0.15, 0.2) is 0 Å². The molecule has 1 fully saturated rings. The quantitative estimate of drug-likeness (QED) is 0.209. The van der Waals surface area contributed by atoms with Crippen LogP contribution < -0.4 is 9.80 Å². The fourth-order valence-electron chi connectivity index (χ4n) is 5.99. The third-order valence-electron chi connectivity index (χ3n) is 8.49. The molecule has 15 heteroatoms. The van der Waals surface area contributed by atoms with Crippen LogP contribution in [0.5, 0.6) is 0 Å². The Balaban J connectivity index is 0.00000576. The van der Waals surface area contributed by atoms with E-state index in [1.54, 1.807) is 0 Å². The first kappa shape index (κ1) is 36.9. The molecule has 46 heavy (non-hydrogen) atoms. The number of nitrogens with zero attached hydrogens (tertiary/aromatic N) is 6. The lowest BCUT2D eigenvalue weighted by atomic mass is 9.80. The van der Waals surface area contributed by atoms with E-state index in [0.717, 1.165) is 66.7 Å². The highest BCUT2D eigenvalue weighted by Gasteiger charge is 2.37. The number of hydrogen-bond acceptors (Lipinski definition) is 6. The molecule has 8 nitrogen and oxygen atoms in total. The zero-order valence-electron chi connectivity index (χ0n) is 26.1. The smallest absolute Gasteiger partial charge is 0.416 e. The second kappa shape index (κ2) is 14.9. The lowest BCUT2D eigenvalue weighted by Crippen LogP contribution is -2.33. The van der Waals surface area contributed by atoms with Crippen LogP contribution in [0, 0.1) is 25.7 Å². The van der Waals surface area contributed by atoms with Gasteiger partial charge in [-0.3, -0.25) is 4.79 Å². The molecule has 2 aromatic carbocycles. The van der Waals surface area contributed by atoms with Crippen LogP contribution in [0.3, 0.4) is 0 Å². The second-order valence-electron chi connectivity index (χ2n) is 11.9. The van der Waals surface area contributed by atoms with E-state index in [2.05, 4.69) is 26.4 Å². The van der Waals surface area contributed by atoms with Crippen molar-refractivity contribution in [2.45, 2.75) is 78.3 Å². The predicted octanol–water partition coefficient (Wildman–Crippen LogP) is 7.60. The van der Waals surface area contributed by atoms with Gasteiger partial charge >= 0.3 is 18.3 Å². The first-order valence-electron chi connectivity index (χ1n) is 14.9. The van der Waals surface area contributed by atoms with Gasteiger partial charge in [0.2, 0.25) is 0 Å². The largest absolute Gasteiger partial charge is 0.481 e. The van der Waals surface area contributed by atoms with Gasteiger partial charge in [0.05, 0.1) is 18.2 Å². The molecule has 1 heterocycles. The van der Waals surface area contributed by atoms with Crippen molar-refractivity contribution in [3.05, 3.63) is 63.7 Å². The third-order valence-corrected chi connectivity index (χ3v) is 8.49. The SMILES string of the molecule is CCN(CC1CCC(CC(=O)O)CC1)c1cc(C)c(C)cc1CN(Cc1cc(C(F)(F)F)cc(C(F)(F)F)c1)c1nnn(C)n1.Cl. The topological polar surface area (TPSA) is 87.4 Å². The average molecular weight is 677 g/mol. The lowest BCUT2D eigenvalue weighted by Gasteiger charge is -2.35.